The van der Waals surface area contributed by atoms with Crippen molar-refractivity contribution < 1.29 is 4.79 Å². The second-order valence-electron chi connectivity index (χ2n) is 7.24. The van der Waals surface area contributed by atoms with E-state index in [0.717, 1.165) is 34.8 Å². The fourth-order valence-corrected chi connectivity index (χ4v) is 3.72. The first-order valence-electron chi connectivity index (χ1n) is 9.61. The lowest BCUT2D eigenvalue weighted by atomic mass is 10.2. The third-order valence-electron chi connectivity index (χ3n) is 5.49. The van der Waals surface area contributed by atoms with Crippen molar-refractivity contribution >= 4 is 27.7 Å². The number of carbonyl (C=O) groups excluding carboxylic acids is 1. The monoisotopic (exact) mass is 454 g/mol. The fourth-order valence-electron chi connectivity index (χ4n) is 3.46. The number of piperazine rings is 1. The minimum absolute atomic E-state index is 0.0680. The number of anilines is 1. The first kappa shape index (κ1) is 19.6. The second kappa shape index (κ2) is 7.94. The number of halogens is 1. The minimum atomic E-state index is 0.0680. The van der Waals surface area contributed by atoms with Crippen LogP contribution in [0.25, 0.3) is 5.82 Å². The Balaban J connectivity index is 1.41. The third-order valence-corrected chi connectivity index (χ3v) is 6.02. The van der Waals surface area contributed by atoms with Crippen molar-refractivity contribution in [2.75, 3.05) is 31.1 Å². The van der Waals surface area contributed by atoms with Gasteiger partial charge in [0.2, 0.25) is 0 Å². The van der Waals surface area contributed by atoms with Crippen LogP contribution in [-0.4, -0.2) is 57.0 Å². The van der Waals surface area contributed by atoms with Crippen LogP contribution in [0.1, 0.15) is 27.3 Å². The van der Waals surface area contributed by atoms with E-state index >= 15 is 0 Å². The predicted molar refractivity (Wildman–Crippen MR) is 116 cm³/mol. The zero-order valence-electron chi connectivity index (χ0n) is 16.8. The Hall–Kier alpha value is -2.74. The van der Waals surface area contributed by atoms with Crippen LogP contribution in [0.15, 0.2) is 40.9 Å². The number of nitrogens with zero attached hydrogens (tertiary/aromatic N) is 6. The molecule has 3 heterocycles. The van der Waals surface area contributed by atoms with E-state index in [0.29, 0.717) is 24.5 Å². The van der Waals surface area contributed by atoms with Crippen molar-refractivity contribution in [3.63, 3.8) is 0 Å². The predicted octanol–water partition coefficient (Wildman–Crippen LogP) is 3.31. The summed E-state index contributed by atoms with van der Waals surface area (Å²) in [5.74, 6) is 1.60. The summed E-state index contributed by atoms with van der Waals surface area (Å²) in [6, 6.07) is 11.4. The van der Waals surface area contributed by atoms with E-state index in [9.17, 15) is 4.79 Å². The summed E-state index contributed by atoms with van der Waals surface area (Å²) in [6.45, 7) is 8.88. The van der Waals surface area contributed by atoms with Crippen molar-refractivity contribution in [2.45, 2.75) is 20.8 Å². The van der Waals surface area contributed by atoms with Crippen LogP contribution in [0.4, 0.5) is 5.82 Å². The van der Waals surface area contributed by atoms with Gasteiger partial charge in [-0.05, 0) is 62.7 Å². The van der Waals surface area contributed by atoms with Crippen molar-refractivity contribution in [2.24, 2.45) is 0 Å². The lowest BCUT2D eigenvalue weighted by molar-refractivity contribution is 0.0746. The van der Waals surface area contributed by atoms with Crippen molar-refractivity contribution in [1.82, 2.24) is 24.9 Å². The van der Waals surface area contributed by atoms with Gasteiger partial charge < -0.3 is 9.80 Å². The molecule has 29 heavy (non-hydrogen) atoms. The van der Waals surface area contributed by atoms with E-state index in [1.54, 1.807) is 0 Å². The van der Waals surface area contributed by atoms with Gasteiger partial charge in [-0.1, -0.05) is 15.9 Å². The first-order valence-corrected chi connectivity index (χ1v) is 10.4. The van der Waals surface area contributed by atoms with Crippen LogP contribution in [0.3, 0.4) is 0 Å². The van der Waals surface area contributed by atoms with E-state index < -0.39 is 0 Å². The number of rotatable bonds is 3. The van der Waals surface area contributed by atoms with Gasteiger partial charge in [-0.25, -0.2) is 4.68 Å². The van der Waals surface area contributed by atoms with E-state index in [4.69, 9.17) is 0 Å². The van der Waals surface area contributed by atoms with Crippen LogP contribution in [0.5, 0.6) is 0 Å². The van der Waals surface area contributed by atoms with E-state index in [1.807, 2.05) is 59.8 Å². The first-order chi connectivity index (χ1) is 13.9. The quantitative estimate of drug-likeness (QED) is 0.607. The van der Waals surface area contributed by atoms with Crippen LogP contribution >= 0.6 is 15.9 Å². The molecule has 0 N–H and O–H groups in total. The molecular formula is C21H23BrN6O. The van der Waals surface area contributed by atoms with Crippen LogP contribution in [-0.2, 0) is 0 Å². The van der Waals surface area contributed by atoms with Gasteiger partial charge in [-0.15, -0.1) is 10.2 Å². The van der Waals surface area contributed by atoms with Gasteiger partial charge in [0.25, 0.3) is 5.91 Å². The lowest BCUT2D eigenvalue weighted by Crippen LogP contribution is -2.49. The Morgan fingerprint density at radius 1 is 0.897 bits per heavy atom. The topological polar surface area (TPSA) is 67.2 Å². The molecule has 0 unspecified atom stereocenters. The Morgan fingerprint density at radius 2 is 1.52 bits per heavy atom. The largest absolute Gasteiger partial charge is 0.352 e. The highest BCUT2D eigenvalue weighted by Gasteiger charge is 2.23. The van der Waals surface area contributed by atoms with Gasteiger partial charge in [-0.2, -0.15) is 5.10 Å². The molecule has 7 nitrogen and oxygen atoms in total. The van der Waals surface area contributed by atoms with Gasteiger partial charge in [-0.3, -0.25) is 4.79 Å². The highest BCUT2D eigenvalue weighted by atomic mass is 79.9. The van der Waals surface area contributed by atoms with E-state index in [-0.39, 0.29) is 5.91 Å². The van der Waals surface area contributed by atoms with Crippen molar-refractivity contribution in [3.05, 3.63) is 63.4 Å². The Morgan fingerprint density at radius 3 is 2.07 bits per heavy atom. The number of amides is 1. The van der Waals surface area contributed by atoms with E-state index in [2.05, 4.69) is 43.0 Å². The summed E-state index contributed by atoms with van der Waals surface area (Å²) in [6.07, 6.45) is 0. The molecule has 2 aromatic heterocycles. The summed E-state index contributed by atoms with van der Waals surface area (Å²) >= 11 is 3.40. The SMILES string of the molecule is Cc1nn(-c2ccc(N3CCN(C(=O)c4ccc(Br)cc4)CC3)nn2)c(C)c1C. The summed E-state index contributed by atoms with van der Waals surface area (Å²) in [5.41, 5.74) is 3.96. The molecule has 150 valence electrons. The molecule has 0 atom stereocenters. The standard InChI is InChI=1S/C21H23BrN6O/c1-14-15(2)25-28(16(14)3)20-9-8-19(23-24-20)26-10-12-27(13-11-26)21(29)17-4-6-18(22)7-5-17/h4-9H,10-13H2,1-3H3. The van der Waals surface area contributed by atoms with Crippen molar-refractivity contribution in [3.8, 4) is 5.82 Å². The molecule has 1 saturated heterocycles. The highest BCUT2D eigenvalue weighted by molar-refractivity contribution is 9.10. The van der Waals surface area contributed by atoms with Crippen LogP contribution in [0.2, 0.25) is 0 Å². The Bertz CT molecular complexity index is 1020. The molecule has 1 amide bonds. The number of aryl methyl sites for hydroxylation is 1. The van der Waals surface area contributed by atoms with Crippen LogP contribution < -0.4 is 4.90 Å². The second-order valence-corrected chi connectivity index (χ2v) is 8.16. The molecule has 0 saturated carbocycles. The maximum Gasteiger partial charge on any atom is 0.253 e. The molecular weight excluding hydrogens is 432 g/mol. The molecule has 4 rings (SSSR count). The Labute approximate surface area is 178 Å². The third kappa shape index (κ3) is 3.89. The van der Waals surface area contributed by atoms with Gasteiger partial charge in [0.15, 0.2) is 11.6 Å². The molecule has 1 aromatic carbocycles. The Kier molecular flexibility index (Phi) is 5.36. The molecule has 0 spiro atoms. The smallest absolute Gasteiger partial charge is 0.253 e. The zero-order valence-corrected chi connectivity index (χ0v) is 18.3. The summed E-state index contributed by atoms with van der Waals surface area (Å²) in [4.78, 5) is 16.7. The van der Waals surface area contributed by atoms with Gasteiger partial charge in [0.05, 0.1) is 5.69 Å². The normalized spacial score (nSPS) is 14.3. The molecule has 0 bridgehead atoms. The average molecular weight is 455 g/mol. The molecule has 0 aliphatic carbocycles. The van der Waals surface area contributed by atoms with Gasteiger partial charge in [0.1, 0.15) is 0 Å². The molecule has 3 aromatic rings. The van der Waals surface area contributed by atoms with Gasteiger partial charge in [0, 0.05) is 41.9 Å². The average Bonchev–Trinajstić information content (AvgIpc) is 3.01. The lowest BCUT2D eigenvalue weighted by Gasteiger charge is -2.35. The molecule has 1 aliphatic rings. The highest BCUT2D eigenvalue weighted by Crippen LogP contribution is 2.19. The maximum absolute atomic E-state index is 12.7. The molecule has 1 aliphatic heterocycles. The van der Waals surface area contributed by atoms with E-state index in [1.165, 1.54) is 5.56 Å². The molecule has 0 radical (unpaired) electrons. The minimum Gasteiger partial charge on any atom is -0.352 e. The molecule has 8 heteroatoms. The number of aromatic nitrogens is 4. The number of carbonyl (C=O) groups is 1. The summed E-state index contributed by atoms with van der Waals surface area (Å²) in [5, 5.41) is 13.3. The summed E-state index contributed by atoms with van der Waals surface area (Å²) < 4.78 is 2.80. The maximum atomic E-state index is 12.7. The van der Waals surface area contributed by atoms with Crippen LogP contribution in [0, 0.1) is 20.8 Å². The number of hydrogen-bond acceptors (Lipinski definition) is 5. The summed E-state index contributed by atoms with van der Waals surface area (Å²) in [7, 11) is 0. The number of benzene rings is 1. The zero-order chi connectivity index (χ0) is 20.5. The molecule has 1 fully saturated rings. The van der Waals surface area contributed by atoms with Gasteiger partial charge >= 0.3 is 0 Å². The van der Waals surface area contributed by atoms with Crippen molar-refractivity contribution in [1.29, 1.82) is 0 Å². The fraction of sp³-hybridized carbons (Fsp3) is 0.333. The number of hydrogen-bond donors (Lipinski definition) is 0.